The molecule has 0 saturated heterocycles. The van der Waals surface area contributed by atoms with Crippen molar-refractivity contribution < 1.29 is 9.59 Å². The minimum Gasteiger partial charge on any atom is -0.326 e. The van der Waals surface area contributed by atoms with E-state index in [1.54, 1.807) is 11.3 Å². The highest BCUT2D eigenvalue weighted by Gasteiger charge is 2.28. The summed E-state index contributed by atoms with van der Waals surface area (Å²) in [6.07, 6.45) is 0.107. The minimum absolute atomic E-state index is 0.107. The summed E-state index contributed by atoms with van der Waals surface area (Å²) in [5.74, 6) is -0.333. The summed E-state index contributed by atoms with van der Waals surface area (Å²) in [4.78, 5) is 30.6. The number of carbonyl (C=O) groups is 2. The van der Waals surface area contributed by atoms with E-state index < -0.39 is 5.25 Å². The van der Waals surface area contributed by atoms with E-state index in [9.17, 15) is 9.59 Å². The first kappa shape index (κ1) is 18.8. The molecule has 1 aliphatic heterocycles. The number of rotatable bonds is 4. The molecule has 1 aliphatic rings. The topological polar surface area (TPSA) is 71.1 Å². The molecule has 0 aliphatic carbocycles. The summed E-state index contributed by atoms with van der Waals surface area (Å²) >= 11 is 3.05. The highest BCUT2D eigenvalue weighted by atomic mass is 32.2. The number of nitrogens with zero attached hydrogens (tertiary/aromatic N) is 1. The first-order chi connectivity index (χ1) is 14.7. The zero-order valence-electron chi connectivity index (χ0n) is 15.8. The lowest BCUT2D eigenvalue weighted by Gasteiger charge is -2.23. The Bertz CT molecular complexity index is 1240. The molecule has 5 rings (SSSR count). The second-order valence-electron chi connectivity index (χ2n) is 6.91. The maximum Gasteiger partial charge on any atom is 0.238 e. The Kier molecular flexibility index (Phi) is 4.98. The third kappa shape index (κ3) is 3.81. The van der Waals surface area contributed by atoms with Gasteiger partial charge in [-0.1, -0.05) is 36.4 Å². The molecule has 4 aromatic rings. The SMILES string of the molecule is O=C(CC1Sc2ccccc2NC1=O)Nc1cccc(-c2nc3ccccc3s2)c1. The zero-order valence-corrected chi connectivity index (χ0v) is 17.4. The average Bonchev–Trinajstić information content (AvgIpc) is 3.19. The van der Waals surface area contributed by atoms with Gasteiger partial charge in [0.15, 0.2) is 0 Å². The number of carbonyl (C=O) groups excluding carboxylic acids is 2. The van der Waals surface area contributed by atoms with Crippen molar-refractivity contribution in [2.24, 2.45) is 0 Å². The van der Waals surface area contributed by atoms with Crippen LogP contribution in [0.5, 0.6) is 0 Å². The monoisotopic (exact) mass is 431 g/mol. The Hall–Kier alpha value is -3.16. The first-order valence-electron chi connectivity index (χ1n) is 9.48. The number of anilines is 2. The van der Waals surface area contributed by atoms with Crippen molar-refractivity contribution in [2.45, 2.75) is 16.6 Å². The highest BCUT2D eigenvalue weighted by molar-refractivity contribution is 8.01. The van der Waals surface area contributed by atoms with Gasteiger partial charge in [0.2, 0.25) is 11.8 Å². The van der Waals surface area contributed by atoms with Crippen LogP contribution in [0.25, 0.3) is 20.8 Å². The van der Waals surface area contributed by atoms with E-state index in [2.05, 4.69) is 15.6 Å². The van der Waals surface area contributed by atoms with Gasteiger partial charge in [0, 0.05) is 22.6 Å². The summed E-state index contributed by atoms with van der Waals surface area (Å²) in [6.45, 7) is 0. The standard InChI is InChI=1S/C23H17N3O2S2/c27-21(13-20-22(28)25-16-8-1-3-10-18(16)29-20)24-15-7-5-6-14(12-15)23-26-17-9-2-4-11-19(17)30-23/h1-12,20H,13H2,(H,24,27)(H,25,28). The molecular formula is C23H17N3O2S2. The van der Waals surface area contributed by atoms with Crippen LogP contribution in [-0.4, -0.2) is 22.0 Å². The fraction of sp³-hybridized carbons (Fsp3) is 0.0870. The van der Waals surface area contributed by atoms with Crippen molar-refractivity contribution in [2.75, 3.05) is 10.6 Å². The number of thioether (sulfide) groups is 1. The van der Waals surface area contributed by atoms with Crippen LogP contribution in [0.4, 0.5) is 11.4 Å². The molecule has 0 saturated carbocycles. The molecule has 7 heteroatoms. The maximum absolute atomic E-state index is 12.6. The Balaban J connectivity index is 1.30. The molecule has 0 spiro atoms. The van der Waals surface area contributed by atoms with Crippen molar-refractivity contribution in [1.82, 2.24) is 4.98 Å². The number of amides is 2. The van der Waals surface area contributed by atoms with Crippen LogP contribution in [0, 0.1) is 0 Å². The molecule has 0 fully saturated rings. The molecule has 148 valence electrons. The lowest BCUT2D eigenvalue weighted by atomic mass is 10.2. The number of aromatic nitrogens is 1. The number of thiazole rings is 1. The van der Waals surface area contributed by atoms with Gasteiger partial charge in [-0.25, -0.2) is 4.98 Å². The zero-order chi connectivity index (χ0) is 20.5. The Morgan fingerprint density at radius 3 is 2.77 bits per heavy atom. The number of fused-ring (bicyclic) bond motifs is 2. The van der Waals surface area contributed by atoms with E-state index in [0.29, 0.717) is 5.69 Å². The number of nitrogens with one attached hydrogen (secondary N) is 2. The summed E-state index contributed by atoms with van der Waals surface area (Å²) in [5, 5.41) is 6.25. The van der Waals surface area contributed by atoms with Gasteiger partial charge in [0.25, 0.3) is 0 Å². The van der Waals surface area contributed by atoms with Gasteiger partial charge >= 0.3 is 0 Å². The Morgan fingerprint density at radius 1 is 1.03 bits per heavy atom. The molecule has 0 bridgehead atoms. The molecule has 2 N–H and O–H groups in total. The third-order valence-corrected chi connectivity index (χ3v) is 7.13. The average molecular weight is 432 g/mol. The molecule has 3 aromatic carbocycles. The van der Waals surface area contributed by atoms with Gasteiger partial charge in [-0.2, -0.15) is 0 Å². The fourth-order valence-corrected chi connectivity index (χ4v) is 5.41. The van der Waals surface area contributed by atoms with E-state index in [1.807, 2.05) is 72.8 Å². The predicted molar refractivity (Wildman–Crippen MR) is 123 cm³/mol. The van der Waals surface area contributed by atoms with Crippen LogP contribution in [0.2, 0.25) is 0 Å². The number of benzene rings is 3. The van der Waals surface area contributed by atoms with Crippen molar-refractivity contribution in [3.05, 3.63) is 72.8 Å². The maximum atomic E-state index is 12.6. The van der Waals surface area contributed by atoms with E-state index in [1.165, 1.54) is 11.8 Å². The van der Waals surface area contributed by atoms with Crippen LogP contribution in [0.3, 0.4) is 0 Å². The molecule has 0 radical (unpaired) electrons. The quantitative estimate of drug-likeness (QED) is 0.454. The van der Waals surface area contributed by atoms with Crippen LogP contribution in [0.15, 0.2) is 77.7 Å². The van der Waals surface area contributed by atoms with Crippen molar-refractivity contribution in [1.29, 1.82) is 0 Å². The largest absolute Gasteiger partial charge is 0.326 e. The van der Waals surface area contributed by atoms with Gasteiger partial charge in [0.1, 0.15) is 5.01 Å². The third-order valence-electron chi connectivity index (χ3n) is 4.76. The molecule has 2 amide bonds. The summed E-state index contributed by atoms with van der Waals surface area (Å²) in [6, 6.07) is 23.3. The molecular weight excluding hydrogens is 414 g/mol. The van der Waals surface area contributed by atoms with Gasteiger partial charge < -0.3 is 10.6 Å². The fourth-order valence-electron chi connectivity index (χ4n) is 3.33. The lowest BCUT2D eigenvalue weighted by Crippen LogP contribution is -2.32. The van der Waals surface area contributed by atoms with E-state index >= 15 is 0 Å². The molecule has 5 nitrogen and oxygen atoms in total. The number of hydrogen-bond donors (Lipinski definition) is 2. The number of para-hydroxylation sites is 2. The normalized spacial score (nSPS) is 15.5. The number of hydrogen-bond acceptors (Lipinski definition) is 5. The summed E-state index contributed by atoms with van der Waals surface area (Å²) in [5.41, 5.74) is 3.41. The molecule has 30 heavy (non-hydrogen) atoms. The Labute approximate surface area is 181 Å². The predicted octanol–water partition coefficient (Wildman–Crippen LogP) is 5.40. The van der Waals surface area contributed by atoms with E-state index in [0.717, 1.165) is 31.4 Å². The van der Waals surface area contributed by atoms with Crippen molar-refractivity contribution in [3.63, 3.8) is 0 Å². The van der Waals surface area contributed by atoms with Crippen molar-refractivity contribution >= 4 is 56.5 Å². The minimum atomic E-state index is -0.452. The van der Waals surface area contributed by atoms with Gasteiger partial charge in [-0.3, -0.25) is 9.59 Å². The second kappa shape index (κ2) is 7.93. The van der Waals surface area contributed by atoms with Gasteiger partial charge in [-0.05, 0) is 36.4 Å². The highest BCUT2D eigenvalue weighted by Crippen LogP contribution is 2.37. The Morgan fingerprint density at radius 2 is 1.87 bits per heavy atom. The first-order valence-corrected chi connectivity index (χ1v) is 11.2. The van der Waals surface area contributed by atoms with Crippen LogP contribution in [0.1, 0.15) is 6.42 Å². The molecule has 1 aromatic heterocycles. The molecule has 2 heterocycles. The van der Waals surface area contributed by atoms with E-state index in [-0.39, 0.29) is 18.2 Å². The van der Waals surface area contributed by atoms with Crippen molar-refractivity contribution in [3.8, 4) is 10.6 Å². The van der Waals surface area contributed by atoms with Gasteiger partial charge in [-0.15, -0.1) is 23.1 Å². The lowest BCUT2D eigenvalue weighted by molar-refractivity contribution is -0.120. The smallest absolute Gasteiger partial charge is 0.238 e. The summed E-state index contributed by atoms with van der Waals surface area (Å²) < 4.78 is 1.13. The molecule has 1 unspecified atom stereocenters. The second-order valence-corrected chi connectivity index (χ2v) is 9.19. The van der Waals surface area contributed by atoms with Gasteiger partial charge in [0.05, 0.1) is 21.2 Å². The van der Waals surface area contributed by atoms with E-state index in [4.69, 9.17) is 0 Å². The molecule has 1 atom stereocenters. The van der Waals surface area contributed by atoms with Crippen LogP contribution >= 0.6 is 23.1 Å². The van der Waals surface area contributed by atoms with Crippen LogP contribution in [-0.2, 0) is 9.59 Å². The summed E-state index contributed by atoms with van der Waals surface area (Å²) in [7, 11) is 0. The van der Waals surface area contributed by atoms with Crippen LogP contribution < -0.4 is 10.6 Å².